The number of aliphatic hydroxyl groups is 1. The minimum atomic E-state index is -0.330. The van der Waals surface area contributed by atoms with E-state index in [2.05, 4.69) is 29.2 Å². The third-order valence-electron chi connectivity index (χ3n) is 4.33. The molecule has 1 aromatic carbocycles. The topological polar surface area (TPSA) is 33.1 Å². The first kappa shape index (κ1) is 12.8. The largest absolute Gasteiger partial charge is 0.392 e. The van der Waals surface area contributed by atoms with E-state index >= 15 is 0 Å². The van der Waals surface area contributed by atoms with Crippen molar-refractivity contribution in [3.63, 3.8) is 0 Å². The smallest absolute Gasteiger partial charge is 0.0950 e. The Hall–Kier alpha value is -1.19. The number of thiazole rings is 1. The summed E-state index contributed by atoms with van der Waals surface area (Å²) in [6, 6.07) is 10.5. The van der Waals surface area contributed by atoms with E-state index in [1.54, 1.807) is 11.3 Å². The lowest BCUT2D eigenvalue weighted by Gasteiger charge is -2.34. The van der Waals surface area contributed by atoms with Gasteiger partial charge in [0.05, 0.1) is 11.1 Å². The molecule has 1 aromatic heterocycles. The zero-order chi connectivity index (χ0) is 13.1. The van der Waals surface area contributed by atoms with Gasteiger partial charge in [-0.05, 0) is 18.4 Å². The third kappa shape index (κ3) is 2.45. The van der Waals surface area contributed by atoms with Crippen LogP contribution in [-0.2, 0) is 11.8 Å². The summed E-state index contributed by atoms with van der Waals surface area (Å²) in [6.45, 7) is 0. The molecule has 1 saturated carbocycles. The maximum atomic E-state index is 10.8. The van der Waals surface area contributed by atoms with Crippen LogP contribution in [0.1, 0.15) is 36.3 Å². The summed E-state index contributed by atoms with van der Waals surface area (Å²) in [5.74, 6) is 0. The molecule has 1 N–H and O–H groups in total. The normalized spacial score (nSPS) is 19.4. The standard InChI is InChI=1S/C16H19NOS/c18-14(12-15-17-10-11-19-15)16(8-4-5-9-16)13-6-2-1-3-7-13/h1-3,6-7,10-11,14,18H,4-5,8-9,12H2. The summed E-state index contributed by atoms with van der Waals surface area (Å²) in [5.41, 5.74) is 1.23. The van der Waals surface area contributed by atoms with Crippen molar-refractivity contribution in [3.05, 3.63) is 52.5 Å². The Morgan fingerprint density at radius 2 is 1.95 bits per heavy atom. The molecule has 0 amide bonds. The lowest BCUT2D eigenvalue weighted by molar-refractivity contribution is 0.0825. The maximum Gasteiger partial charge on any atom is 0.0950 e. The van der Waals surface area contributed by atoms with Crippen molar-refractivity contribution in [2.75, 3.05) is 0 Å². The minimum absolute atomic E-state index is 0.0626. The summed E-state index contributed by atoms with van der Waals surface area (Å²) >= 11 is 1.63. The highest BCUT2D eigenvalue weighted by Gasteiger charge is 2.42. The van der Waals surface area contributed by atoms with Gasteiger partial charge in [-0.15, -0.1) is 11.3 Å². The number of aliphatic hydroxyl groups excluding tert-OH is 1. The molecule has 19 heavy (non-hydrogen) atoms. The second-order valence-corrected chi connectivity index (χ2v) is 6.35. The van der Waals surface area contributed by atoms with Crippen molar-refractivity contribution < 1.29 is 5.11 Å². The third-order valence-corrected chi connectivity index (χ3v) is 5.14. The summed E-state index contributed by atoms with van der Waals surface area (Å²) in [6.07, 6.45) is 6.76. The molecular formula is C16H19NOS. The number of hydrogen-bond donors (Lipinski definition) is 1. The molecule has 1 fully saturated rings. The van der Waals surface area contributed by atoms with Crippen LogP contribution >= 0.6 is 11.3 Å². The van der Waals surface area contributed by atoms with Crippen molar-refractivity contribution in [3.8, 4) is 0 Å². The Labute approximate surface area is 118 Å². The first-order chi connectivity index (χ1) is 9.31. The number of benzene rings is 1. The highest BCUT2D eigenvalue weighted by Crippen LogP contribution is 2.44. The summed E-state index contributed by atoms with van der Waals surface area (Å²) in [7, 11) is 0. The molecular weight excluding hydrogens is 254 g/mol. The number of hydrogen-bond acceptors (Lipinski definition) is 3. The van der Waals surface area contributed by atoms with Crippen LogP contribution < -0.4 is 0 Å². The van der Waals surface area contributed by atoms with Gasteiger partial charge in [0.1, 0.15) is 0 Å². The monoisotopic (exact) mass is 273 g/mol. The van der Waals surface area contributed by atoms with Gasteiger partial charge in [0, 0.05) is 23.4 Å². The molecule has 1 heterocycles. The van der Waals surface area contributed by atoms with Crippen molar-refractivity contribution in [1.29, 1.82) is 0 Å². The van der Waals surface area contributed by atoms with Crippen LogP contribution in [0.3, 0.4) is 0 Å². The highest BCUT2D eigenvalue weighted by molar-refractivity contribution is 7.09. The van der Waals surface area contributed by atoms with E-state index in [1.165, 1.54) is 18.4 Å². The average Bonchev–Trinajstić information content (AvgIpc) is 3.11. The molecule has 0 aliphatic heterocycles. The first-order valence-electron chi connectivity index (χ1n) is 6.93. The molecule has 0 radical (unpaired) electrons. The van der Waals surface area contributed by atoms with Gasteiger partial charge in [-0.25, -0.2) is 4.98 Å². The van der Waals surface area contributed by atoms with Crippen LogP contribution in [0.5, 0.6) is 0 Å². The first-order valence-corrected chi connectivity index (χ1v) is 7.81. The molecule has 0 spiro atoms. The number of rotatable bonds is 4. The predicted molar refractivity (Wildman–Crippen MR) is 78.4 cm³/mol. The molecule has 2 nitrogen and oxygen atoms in total. The lowest BCUT2D eigenvalue weighted by Crippen LogP contribution is -2.38. The Bertz CT molecular complexity index is 503. The van der Waals surface area contributed by atoms with Crippen LogP contribution in [0.4, 0.5) is 0 Å². The van der Waals surface area contributed by atoms with Gasteiger partial charge in [-0.3, -0.25) is 0 Å². The molecule has 100 valence electrons. The lowest BCUT2D eigenvalue weighted by atomic mass is 9.73. The molecule has 1 aliphatic rings. The van der Waals surface area contributed by atoms with E-state index in [9.17, 15) is 5.11 Å². The molecule has 1 atom stereocenters. The van der Waals surface area contributed by atoms with Gasteiger partial charge >= 0.3 is 0 Å². The van der Waals surface area contributed by atoms with Gasteiger partial charge in [-0.1, -0.05) is 43.2 Å². The number of nitrogens with zero attached hydrogens (tertiary/aromatic N) is 1. The Morgan fingerprint density at radius 3 is 2.58 bits per heavy atom. The molecule has 1 unspecified atom stereocenters. The Morgan fingerprint density at radius 1 is 1.21 bits per heavy atom. The van der Waals surface area contributed by atoms with Crippen molar-refractivity contribution in [1.82, 2.24) is 4.98 Å². The second kappa shape index (κ2) is 5.43. The maximum absolute atomic E-state index is 10.8. The summed E-state index contributed by atoms with van der Waals surface area (Å²) < 4.78 is 0. The van der Waals surface area contributed by atoms with Crippen LogP contribution in [0.25, 0.3) is 0 Å². The van der Waals surface area contributed by atoms with E-state index in [0.717, 1.165) is 17.8 Å². The van der Waals surface area contributed by atoms with Gasteiger partial charge in [-0.2, -0.15) is 0 Å². The van der Waals surface area contributed by atoms with Gasteiger partial charge in [0.25, 0.3) is 0 Å². The van der Waals surface area contributed by atoms with Crippen molar-refractivity contribution in [2.24, 2.45) is 0 Å². The average molecular weight is 273 g/mol. The van der Waals surface area contributed by atoms with E-state index < -0.39 is 0 Å². The summed E-state index contributed by atoms with van der Waals surface area (Å²) in [4.78, 5) is 4.31. The zero-order valence-electron chi connectivity index (χ0n) is 11.0. The Balaban J connectivity index is 1.88. The Kier molecular flexibility index (Phi) is 3.67. The zero-order valence-corrected chi connectivity index (χ0v) is 11.8. The van der Waals surface area contributed by atoms with Crippen molar-refractivity contribution in [2.45, 2.75) is 43.6 Å². The highest BCUT2D eigenvalue weighted by atomic mass is 32.1. The minimum Gasteiger partial charge on any atom is -0.392 e. The molecule has 1 aliphatic carbocycles. The van der Waals surface area contributed by atoms with Crippen LogP contribution in [0.2, 0.25) is 0 Å². The summed E-state index contributed by atoms with van der Waals surface area (Å²) in [5, 5.41) is 13.8. The van der Waals surface area contributed by atoms with E-state index in [4.69, 9.17) is 0 Å². The van der Waals surface area contributed by atoms with Gasteiger partial charge in [0.2, 0.25) is 0 Å². The fourth-order valence-corrected chi connectivity index (χ4v) is 3.96. The number of aromatic nitrogens is 1. The fourth-order valence-electron chi connectivity index (χ4n) is 3.30. The van der Waals surface area contributed by atoms with Gasteiger partial charge in [0.15, 0.2) is 0 Å². The van der Waals surface area contributed by atoms with Crippen molar-refractivity contribution >= 4 is 11.3 Å². The van der Waals surface area contributed by atoms with Crippen LogP contribution in [-0.4, -0.2) is 16.2 Å². The quantitative estimate of drug-likeness (QED) is 0.924. The van der Waals surface area contributed by atoms with Crippen LogP contribution in [0, 0.1) is 0 Å². The molecule has 0 bridgehead atoms. The van der Waals surface area contributed by atoms with E-state index in [0.29, 0.717) is 6.42 Å². The molecule has 3 rings (SSSR count). The van der Waals surface area contributed by atoms with Crippen LogP contribution in [0.15, 0.2) is 41.9 Å². The SMILES string of the molecule is OC(Cc1nccs1)C1(c2ccccc2)CCCC1. The van der Waals surface area contributed by atoms with Gasteiger partial charge < -0.3 is 5.11 Å². The molecule has 0 saturated heterocycles. The van der Waals surface area contributed by atoms with E-state index in [-0.39, 0.29) is 11.5 Å². The van der Waals surface area contributed by atoms with E-state index in [1.807, 2.05) is 17.6 Å². The fraction of sp³-hybridized carbons (Fsp3) is 0.438. The second-order valence-electron chi connectivity index (χ2n) is 5.38. The molecule has 3 heteroatoms. The molecule has 2 aromatic rings. The predicted octanol–water partition coefficient (Wildman–Crippen LogP) is 3.56.